The van der Waals surface area contributed by atoms with Gasteiger partial charge in [-0.15, -0.1) is 11.3 Å². The van der Waals surface area contributed by atoms with Crippen LogP contribution in [0.15, 0.2) is 5.03 Å². The van der Waals surface area contributed by atoms with E-state index in [9.17, 15) is 4.79 Å². The van der Waals surface area contributed by atoms with E-state index in [2.05, 4.69) is 13.8 Å². The van der Waals surface area contributed by atoms with Gasteiger partial charge in [0.2, 0.25) is 5.91 Å². The summed E-state index contributed by atoms with van der Waals surface area (Å²) in [5.74, 6) is 1.83. The SMILES string of the molecule is CCN(CC)C(=O)CSc1nc(C(C)C)nc2sc3c(c12)CCCC3. The van der Waals surface area contributed by atoms with Crippen molar-refractivity contribution < 1.29 is 4.79 Å². The summed E-state index contributed by atoms with van der Waals surface area (Å²) in [5, 5.41) is 2.23. The molecule has 0 fully saturated rings. The van der Waals surface area contributed by atoms with Gasteiger partial charge >= 0.3 is 0 Å². The Morgan fingerprint density at radius 2 is 1.92 bits per heavy atom. The lowest BCUT2D eigenvalue weighted by molar-refractivity contribution is -0.127. The Labute approximate surface area is 158 Å². The molecule has 0 saturated heterocycles. The third kappa shape index (κ3) is 3.85. The summed E-state index contributed by atoms with van der Waals surface area (Å²) >= 11 is 3.43. The molecule has 2 aromatic heterocycles. The topological polar surface area (TPSA) is 46.1 Å². The van der Waals surface area contributed by atoms with Gasteiger partial charge in [-0.25, -0.2) is 9.97 Å². The number of hydrogen-bond acceptors (Lipinski definition) is 5. The van der Waals surface area contributed by atoms with Crippen LogP contribution in [0.4, 0.5) is 0 Å². The van der Waals surface area contributed by atoms with Crippen molar-refractivity contribution in [1.29, 1.82) is 0 Å². The maximum atomic E-state index is 12.4. The molecule has 6 heteroatoms. The van der Waals surface area contributed by atoms with E-state index < -0.39 is 0 Å². The highest BCUT2D eigenvalue weighted by atomic mass is 32.2. The fourth-order valence-corrected chi connectivity index (χ4v) is 5.60. The Morgan fingerprint density at radius 3 is 2.60 bits per heavy atom. The van der Waals surface area contributed by atoms with E-state index in [1.807, 2.05) is 30.1 Å². The van der Waals surface area contributed by atoms with Crippen LogP contribution in [-0.4, -0.2) is 39.6 Å². The van der Waals surface area contributed by atoms with Crippen LogP contribution < -0.4 is 0 Å². The Kier molecular flexibility index (Phi) is 6.00. The van der Waals surface area contributed by atoms with Gasteiger partial charge in [0.25, 0.3) is 0 Å². The molecule has 1 amide bonds. The summed E-state index contributed by atoms with van der Waals surface area (Å²) in [6.45, 7) is 9.84. The zero-order chi connectivity index (χ0) is 18.0. The molecule has 0 atom stereocenters. The normalized spacial score (nSPS) is 14.1. The molecule has 25 heavy (non-hydrogen) atoms. The van der Waals surface area contributed by atoms with Crippen molar-refractivity contribution in [2.24, 2.45) is 0 Å². The molecule has 1 aliphatic rings. The second kappa shape index (κ2) is 8.04. The van der Waals surface area contributed by atoms with E-state index in [0.29, 0.717) is 11.7 Å². The number of carbonyl (C=O) groups is 1. The lowest BCUT2D eigenvalue weighted by Gasteiger charge is -2.18. The van der Waals surface area contributed by atoms with Crippen LogP contribution in [0.1, 0.15) is 62.7 Å². The molecule has 0 aliphatic heterocycles. The number of amides is 1. The van der Waals surface area contributed by atoms with E-state index in [1.54, 1.807) is 11.8 Å². The molecule has 3 rings (SSSR count). The summed E-state index contributed by atoms with van der Waals surface area (Å²) in [6, 6.07) is 0. The van der Waals surface area contributed by atoms with Crippen molar-refractivity contribution in [2.75, 3.05) is 18.8 Å². The highest BCUT2D eigenvalue weighted by Gasteiger charge is 2.22. The molecule has 0 N–H and O–H groups in total. The predicted octanol–water partition coefficient (Wildman–Crippen LogP) is 4.65. The van der Waals surface area contributed by atoms with E-state index in [1.165, 1.54) is 28.7 Å². The van der Waals surface area contributed by atoms with Crippen LogP contribution in [0.3, 0.4) is 0 Å². The third-order valence-corrected chi connectivity index (χ3v) is 6.91. The minimum Gasteiger partial charge on any atom is -0.343 e. The Balaban J connectivity index is 1.97. The number of aryl methyl sites for hydroxylation is 2. The average molecular weight is 378 g/mol. The number of thiophene rings is 1. The first kappa shape index (κ1) is 18.6. The van der Waals surface area contributed by atoms with Gasteiger partial charge in [-0.05, 0) is 45.1 Å². The molecule has 2 aromatic rings. The molecule has 0 spiro atoms. The van der Waals surface area contributed by atoms with Crippen molar-refractivity contribution in [3.05, 3.63) is 16.3 Å². The van der Waals surface area contributed by atoms with Gasteiger partial charge in [-0.3, -0.25) is 4.79 Å². The fourth-order valence-electron chi connectivity index (χ4n) is 3.30. The number of carbonyl (C=O) groups excluding carboxylic acids is 1. The van der Waals surface area contributed by atoms with E-state index in [4.69, 9.17) is 9.97 Å². The van der Waals surface area contributed by atoms with E-state index in [-0.39, 0.29) is 5.91 Å². The smallest absolute Gasteiger partial charge is 0.232 e. The fraction of sp³-hybridized carbons (Fsp3) is 0.632. The minimum atomic E-state index is 0.192. The molecule has 2 heterocycles. The average Bonchev–Trinajstić information content (AvgIpc) is 2.99. The van der Waals surface area contributed by atoms with Crippen molar-refractivity contribution in [2.45, 2.75) is 64.3 Å². The van der Waals surface area contributed by atoms with Crippen molar-refractivity contribution in [1.82, 2.24) is 14.9 Å². The molecule has 0 radical (unpaired) electrons. The predicted molar refractivity (Wildman–Crippen MR) is 107 cm³/mol. The first-order valence-electron chi connectivity index (χ1n) is 9.27. The Morgan fingerprint density at radius 1 is 1.20 bits per heavy atom. The van der Waals surface area contributed by atoms with Gasteiger partial charge < -0.3 is 4.90 Å². The van der Waals surface area contributed by atoms with Crippen molar-refractivity contribution in [3.63, 3.8) is 0 Å². The highest BCUT2D eigenvalue weighted by Crippen LogP contribution is 2.40. The van der Waals surface area contributed by atoms with Gasteiger partial charge in [0.1, 0.15) is 15.7 Å². The maximum Gasteiger partial charge on any atom is 0.232 e. The molecule has 0 unspecified atom stereocenters. The molecule has 4 nitrogen and oxygen atoms in total. The van der Waals surface area contributed by atoms with E-state index >= 15 is 0 Å². The number of aromatic nitrogens is 2. The van der Waals surface area contributed by atoms with Gasteiger partial charge in [-0.1, -0.05) is 25.6 Å². The minimum absolute atomic E-state index is 0.192. The first-order valence-corrected chi connectivity index (χ1v) is 11.1. The molecule has 136 valence electrons. The number of thioether (sulfide) groups is 1. The largest absolute Gasteiger partial charge is 0.343 e. The summed E-state index contributed by atoms with van der Waals surface area (Å²) < 4.78 is 0. The van der Waals surface area contributed by atoms with E-state index in [0.717, 1.165) is 41.6 Å². The van der Waals surface area contributed by atoms with Crippen LogP contribution in [-0.2, 0) is 17.6 Å². The van der Waals surface area contributed by atoms with Gasteiger partial charge in [0.05, 0.1) is 5.75 Å². The molecule has 0 saturated carbocycles. The molecular weight excluding hydrogens is 350 g/mol. The summed E-state index contributed by atoms with van der Waals surface area (Å²) in [6.07, 6.45) is 4.80. The molecule has 1 aliphatic carbocycles. The lowest BCUT2D eigenvalue weighted by atomic mass is 9.97. The molecule has 0 aromatic carbocycles. The molecular formula is C19H27N3OS2. The Bertz CT molecular complexity index is 766. The Hall–Kier alpha value is -1.14. The quantitative estimate of drug-likeness (QED) is 0.543. The summed E-state index contributed by atoms with van der Waals surface area (Å²) in [5.41, 5.74) is 1.44. The number of nitrogens with zero attached hydrogens (tertiary/aromatic N) is 3. The zero-order valence-electron chi connectivity index (χ0n) is 15.6. The van der Waals surface area contributed by atoms with Gasteiger partial charge in [0.15, 0.2) is 0 Å². The number of fused-ring (bicyclic) bond motifs is 3. The summed E-state index contributed by atoms with van der Waals surface area (Å²) in [7, 11) is 0. The van der Waals surface area contributed by atoms with Crippen molar-refractivity contribution in [3.8, 4) is 0 Å². The standard InChI is InChI=1S/C19H27N3OS2/c1-5-22(6-2)15(23)11-24-18-16-13-9-7-8-10-14(13)25-19(16)21-17(20-18)12(3)4/h12H,5-11H2,1-4H3. The van der Waals surface area contributed by atoms with Gasteiger partial charge in [0, 0.05) is 29.3 Å². The zero-order valence-corrected chi connectivity index (χ0v) is 17.2. The van der Waals surface area contributed by atoms with Crippen LogP contribution in [0, 0.1) is 0 Å². The van der Waals surface area contributed by atoms with Crippen LogP contribution in [0.2, 0.25) is 0 Å². The summed E-state index contributed by atoms with van der Waals surface area (Å²) in [4.78, 5) is 26.6. The molecule has 0 bridgehead atoms. The maximum absolute atomic E-state index is 12.4. The van der Waals surface area contributed by atoms with Crippen molar-refractivity contribution >= 4 is 39.2 Å². The van der Waals surface area contributed by atoms with Crippen LogP contribution in [0.25, 0.3) is 10.2 Å². The number of rotatable bonds is 6. The van der Waals surface area contributed by atoms with Crippen LogP contribution in [0.5, 0.6) is 0 Å². The second-order valence-corrected chi connectivity index (χ2v) is 8.84. The lowest BCUT2D eigenvalue weighted by Crippen LogP contribution is -2.31. The van der Waals surface area contributed by atoms with Crippen LogP contribution >= 0.6 is 23.1 Å². The van der Waals surface area contributed by atoms with Gasteiger partial charge in [-0.2, -0.15) is 0 Å². The number of hydrogen-bond donors (Lipinski definition) is 0. The highest BCUT2D eigenvalue weighted by molar-refractivity contribution is 8.00. The monoisotopic (exact) mass is 377 g/mol. The first-order chi connectivity index (χ1) is 12.0. The second-order valence-electron chi connectivity index (χ2n) is 6.79. The third-order valence-electron chi connectivity index (χ3n) is 4.76.